The van der Waals surface area contributed by atoms with Crippen LogP contribution in [0.2, 0.25) is 0 Å². The van der Waals surface area contributed by atoms with E-state index in [2.05, 4.69) is 26.1 Å². The zero-order chi connectivity index (χ0) is 11.3. The highest BCUT2D eigenvalue weighted by Crippen LogP contribution is 2.27. The summed E-state index contributed by atoms with van der Waals surface area (Å²) in [4.78, 5) is 0. The summed E-state index contributed by atoms with van der Waals surface area (Å²) in [6, 6.07) is 0.282. The number of hydrogen-bond acceptors (Lipinski definition) is 2. The summed E-state index contributed by atoms with van der Waals surface area (Å²) < 4.78 is 0. The maximum Gasteiger partial charge on any atom is 0.0587 e. The second-order valence-corrected chi connectivity index (χ2v) is 5.57. The van der Waals surface area contributed by atoms with E-state index in [1.807, 2.05) is 0 Å². The van der Waals surface area contributed by atoms with Crippen LogP contribution < -0.4 is 5.32 Å². The molecule has 1 atom stereocenters. The molecule has 1 rings (SSSR count). The molecule has 2 heteroatoms. The van der Waals surface area contributed by atoms with Crippen molar-refractivity contribution in [1.82, 2.24) is 5.32 Å². The molecular formula is C13H27NO. The molecule has 0 radical (unpaired) electrons. The standard InChI is InChI=1S/C13H27NO/c1-10(2)13(9-15)14-8-12-6-4-11(3)5-7-12/h10-15H,4-9H2,1-3H3. The minimum Gasteiger partial charge on any atom is -0.395 e. The molecule has 0 saturated heterocycles. The van der Waals surface area contributed by atoms with Gasteiger partial charge in [0, 0.05) is 6.04 Å². The maximum absolute atomic E-state index is 9.21. The Kier molecular flexibility index (Phi) is 5.62. The summed E-state index contributed by atoms with van der Waals surface area (Å²) in [7, 11) is 0. The zero-order valence-corrected chi connectivity index (χ0v) is 10.5. The topological polar surface area (TPSA) is 32.3 Å². The number of hydrogen-bond donors (Lipinski definition) is 2. The van der Waals surface area contributed by atoms with E-state index in [4.69, 9.17) is 0 Å². The zero-order valence-electron chi connectivity index (χ0n) is 10.5. The van der Waals surface area contributed by atoms with Gasteiger partial charge < -0.3 is 10.4 Å². The Morgan fingerprint density at radius 2 is 1.80 bits per heavy atom. The SMILES string of the molecule is CC1CCC(CNC(CO)C(C)C)CC1. The lowest BCUT2D eigenvalue weighted by Crippen LogP contribution is -2.40. The van der Waals surface area contributed by atoms with Crippen LogP contribution >= 0.6 is 0 Å². The first-order chi connectivity index (χ1) is 7.13. The van der Waals surface area contributed by atoms with Gasteiger partial charge >= 0.3 is 0 Å². The molecule has 1 fully saturated rings. The van der Waals surface area contributed by atoms with E-state index in [-0.39, 0.29) is 12.6 Å². The van der Waals surface area contributed by atoms with E-state index in [9.17, 15) is 5.11 Å². The number of aliphatic hydroxyl groups excluding tert-OH is 1. The van der Waals surface area contributed by atoms with E-state index in [1.165, 1.54) is 25.7 Å². The molecule has 0 aromatic carbocycles. The number of aliphatic hydroxyl groups is 1. The van der Waals surface area contributed by atoms with Crippen molar-refractivity contribution in [3.05, 3.63) is 0 Å². The molecule has 1 saturated carbocycles. The monoisotopic (exact) mass is 213 g/mol. The molecule has 0 heterocycles. The molecule has 1 aliphatic carbocycles. The summed E-state index contributed by atoms with van der Waals surface area (Å²) in [6.07, 6.45) is 5.50. The molecule has 1 unspecified atom stereocenters. The van der Waals surface area contributed by atoms with Crippen LogP contribution in [0.25, 0.3) is 0 Å². The summed E-state index contributed by atoms with van der Waals surface area (Å²) in [6.45, 7) is 8.04. The molecule has 90 valence electrons. The van der Waals surface area contributed by atoms with Crippen molar-refractivity contribution in [3.8, 4) is 0 Å². The van der Waals surface area contributed by atoms with Crippen molar-refractivity contribution in [2.75, 3.05) is 13.2 Å². The van der Waals surface area contributed by atoms with Gasteiger partial charge in [0.05, 0.1) is 6.61 Å². The van der Waals surface area contributed by atoms with Crippen LogP contribution in [0, 0.1) is 17.8 Å². The van der Waals surface area contributed by atoms with Gasteiger partial charge in [-0.05, 0) is 37.1 Å². The van der Waals surface area contributed by atoms with E-state index in [0.717, 1.165) is 18.4 Å². The normalized spacial score (nSPS) is 29.4. The molecule has 2 N–H and O–H groups in total. The third-order valence-electron chi connectivity index (χ3n) is 3.81. The highest BCUT2D eigenvalue weighted by atomic mass is 16.3. The van der Waals surface area contributed by atoms with Gasteiger partial charge in [-0.3, -0.25) is 0 Å². The Bertz CT molecular complexity index is 162. The Morgan fingerprint density at radius 1 is 1.20 bits per heavy atom. The number of rotatable bonds is 5. The van der Waals surface area contributed by atoms with Crippen molar-refractivity contribution < 1.29 is 5.11 Å². The van der Waals surface area contributed by atoms with Crippen molar-refractivity contribution in [1.29, 1.82) is 0 Å². The lowest BCUT2D eigenvalue weighted by Gasteiger charge is -2.29. The predicted octanol–water partition coefficient (Wildman–Crippen LogP) is 2.42. The van der Waals surface area contributed by atoms with Crippen LogP contribution in [0.3, 0.4) is 0 Å². The van der Waals surface area contributed by atoms with Crippen LogP contribution in [0.1, 0.15) is 46.5 Å². The predicted molar refractivity (Wildman–Crippen MR) is 64.8 cm³/mol. The van der Waals surface area contributed by atoms with Gasteiger partial charge in [0.25, 0.3) is 0 Å². The lowest BCUT2D eigenvalue weighted by molar-refractivity contribution is 0.194. The Hall–Kier alpha value is -0.0800. The molecular weight excluding hydrogens is 186 g/mol. The van der Waals surface area contributed by atoms with Crippen molar-refractivity contribution in [2.24, 2.45) is 17.8 Å². The van der Waals surface area contributed by atoms with Gasteiger partial charge in [-0.15, -0.1) is 0 Å². The first kappa shape index (κ1) is 13.0. The minimum atomic E-state index is 0.265. The van der Waals surface area contributed by atoms with E-state index < -0.39 is 0 Å². The second-order valence-electron chi connectivity index (χ2n) is 5.57. The van der Waals surface area contributed by atoms with Gasteiger partial charge in [-0.25, -0.2) is 0 Å². The first-order valence-corrected chi connectivity index (χ1v) is 6.47. The van der Waals surface area contributed by atoms with Gasteiger partial charge in [0.1, 0.15) is 0 Å². The molecule has 0 aromatic rings. The van der Waals surface area contributed by atoms with E-state index >= 15 is 0 Å². The first-order valence-electron chi connectivity index (χ1n) is 6.47. The fourth-order valence-corrected chi connectivity index (χ4v) is 2.36. The molecule has 1 aliphatic rings. The highest BCUT2D eigenvalue weighted by Gasteiger charge is 2.19. The van der Waals surface area contributed by atoms with E-state index in [1.54, 1.807) is 0 Å². The fourth-order valence-electron chi connectivity index (χ4n) is 2.36. The van der Waals surface area contributed by atoms with Crippen LogP contribution in [0.5, 0.6) is 0 Å². The average Bonchev–Trinajstić information content (AvgIpc) is 2.21. The Morgan fingerprint density at radius 3 is 2.27 bits per heavy atom. The quantitative estimate of drug-likeness (QED) is 0.735. The van der Waals surface area contributed by atoms with Crippen molar-refractivity contribution >= 4 is 0 Å². The molecule has 0 aliphatic heterocycles. The smallest absolute Gasteiger partial charge is 0.0587 e. The molecule has 0 aromatic heterocycles. The summed E-state index contributed by atoms with van der Waals surface area (Å²) in [5, 5.41) is 12.7. The summed E-state index contributed by atoms with van der Waals surface area (Å²) in [5.41, 5.74) is 0. The van der Waals surface area contributed by atoms with Gasteiger partial charge in [0.2, 0.25) is 0 Å². The molecule has 0 spiro atoms. The average molecular weight is 213 g/mol. The lowest BCUT2D eigenvalue weighted by atomic mass is 9.83. The fraction of sp³-hybridized carbons (Fsp3) is 1.00. The van der Waals surface area contributed by atoms with Gasteiger partial charge in [0.15, 0.2) is 0 Å². The summed E-state index contributed by atoms with van der Waals surface area (Å²) >= 11 is 0. The van der Waals surface area contributed by atoms with Crippen molar-refractivity contribution in [2.45, 2.75) is 52.5 Å². The second kappa shape index (κ2) is 6.49. The van der Waals surface area contributed by atoms with Crippen LogP contribution in [0.4, 0.5) is 0 Å². The third-order valence-corrected chi connectivity index (χ3v) is 3.81. The number of nitrogens with one attached hydrogen (secondary N) is 1. The van der Waals surface area contributed by atoms with Gasteiger partial charge in [-0.2, -0.15) is 0 Å². The van der Waals surface area contributed by atoms with Gasteiger partial charge in [-0.1, -0.05) is 33.6 Å². The molecule has 0 bridgehead atoms. The Labute approximate surface area is 94.5 Å². The molecule has 2 nitrogen and oxygen atoms in total. The van der Waals surface area contributed by atoms with Crippen LogP contribution in [-0.2, 0) is 0 Å². The minimum absolute atomic E-state index is 0.265. The largest absolute Gasteiger partial charge is 0.395 e. The molecule has 0 amide bonds. The highest BCUT2D eigenvalue weighted by molar-refractivity contribution is 4.75. The van der Waals surface area contributed by atoms with Crippen LogP contribution in [-0.4, -0.2) is 24.3 Å². The van der Waals surface area contributed by atoms with Crippen LogP contribution in [0.15, 0.2) is 0 Å². The summed E-state index contributed by atoms with van der Waals surface area (Å²) in [5.74, 6) is 2.30. The maximum atomic E-state index is 9.21. The van der Waals surface area contributed by atoms with Crippen molar-refractivity contribution in [3.63, 3.8) is 0 Å². The Balaban J connectivity index is 2.18. The molecule has 15 heavy (non-hydrogen) atoms. The van der Waals surface area contributed by atoms with E-state index in [0.29, 0.717) is 5.92 Å². The third kappa shape index (κ3) is 4.52.